The van der Waals surface area contributed by atoms with Crippen molar-refractivity contribution in [3.63, 3.8) is 0 Å². The highest BCUT2D eigenvalue weighted by molar-refractivity contribution is 5.79. The number of nitrogens with two attached hydrogens (primary N) is 1. The Bertz CT molecular complexity index is 399. The first-order chi connectivity index (χ1) is 7.15. The molecule has 1 rings (SSSR count). The number of aliphatic hydroxyl groups excluding tert-OH is 1. The molecule has 15 heavy (non-hydrogen) atoms. The number of primary amides is 1. The summed E-state index contributed by atoms with van der Waals surface area (Å²) in [6, 6.07) is 5.12. The molecule has 1 aromatic rings. The second kappa shape index (κ2) is 4.93. The molecule has 0 radical (unpaired) electrons. The molecule has 0 aliphatic heterocycles. The molecule has 1 heterocycles. The fraction of sp³-hybridized carbons (Fsp3) is 0.222. The predicted molar refractivity (Wildman–Crippen MR) is 52.6 cm³/mol. The first kappa shape index (κ1) is 10.9. The number of anilines is 1. The highest BCUT2D eigenvalue weighted by Crippen LogP contribution is 2.08. The number of pyridine rings is 1. The van der Waals surface area contributed by atoms with Crippen LogP contribution in [0.3, 0.4) is 0 Å². The number of nitriles is 1. The van der Waals surface area contributed by atoms with Crippen molar-refractivity contribution >= 4 is 11.7 Å². The molecule has 0 aliphatic rings. The molecule has 0 aromatic carbocycles. The van der Waals surface area contributed by atoms with Gasteiger partial charge >= 0.3 is 0 Å². The molecule has 1 unspecified atom stereocenters. The summed E-state index contributed by atoms with van der Waals surface area (Å²) in [7, 11) is 0. The quantitative estimate of drug-likeness (QED) is 0.597. The van der Waals surface area contributed by atoms with Crippen molar-refractivity contribution in [3.8, 4) is 6.07 Å². The maximum atomic E-state index is 10.5. The van der Waals surface area contributed by atoms with E-state index in [1.54, 1.807) is 12.1 Å². The number of aliphatic hydroxyl groups is 1. The fourth-order valence-electron chi connectivity index (χ4n) is 0.930. The van der Waals surface area contributed by atoms with Gasteiger partial charge < -0.3 is 16.2 Å². The Morgan fingerprint density at radius 1 is 1.80 bits per heavy atom. The predicted octanol–water partition coefficient (Wildman–Crippen LogP) is -0.789. The molecule has 1 aromatic heterocycles. The third-order valence-corrected chi connectivity index (χ3v) is 1.72. The summed E-state index contributed by atoms with van der Waals surface area (Å²) < 4.78 is 0. The maximum absolute atomic E-state index is 10.5. The highest BCUT2D eigenvalue weighted by Gasteiger charge is 2.11. The van der Waals surface area contributed by atoms with Gasteiger partial charge in [0.05, 0.1) is 12.1 Å². The molecule has 6 nitrogen and oxygen atoms in total. The van der Waals surface area contributed by atoms with Crippen LogP contribution in [0.25, 0.3) is 0 Å². The largest absolute Gasteiger partial charge is 0.381 e. The van der Waals surface area contributed by atoms with E-state index in [0.29, 0.717) is 11.4 Å². The number of hydrogen-bond acceptors (Lipinski definition) is 5. The van der Waals surface area contributed by atoms with E-state index in [1.165, 1.54) is 6.20 Å². The van der Waals surface area contributed by atoms with E-state index in [-0.39, 0.29) is 6.54 Å². The molecule has 0 spiro atoms. The lowest BCUT2D eigenvalue weighted by atomic mass is 10.2. The Labute approximate surface area is 86.3 Å². The number of carbonyl (C=O) groups is 1. The number of nitrogens with zero attached hydrogens (tertiary/aromatic N) is 2. The van der Waals surface area contributed by atoms with Gasteiger partial charge in [0, 0.05) is 6.20 Å². The van der Waals surface area contributed by atoms with Gasteiger partial charge in [-0.05, 0) is 12.1 Å². The zero-order valence-electron chi connectivity index (χ0n) is 7.84. The van der Waals surface area contributed by atoms with Crippen LogP contribution in [-0.4, -0.2) is 28.6 Å². The molecule has 1 atom stereocenters. The van der Waals surface area contributed by atoms with Gasteiger partial charge in [0.1, 0.15) is 18.0 Å². The molecule has 0 saturated heterocycles. The summed E-state index contributed by atoms with van der Waals surface area (Å²) in [6.45, 7) is -0.0684. The van der Waals surface area contributed by atoms with E-state index in [0.717, 1.165) is 0 Å². The van der Waals surface area contributed by atoms with Crippen molar-refractivity contribution in [3.05, 3.63) is 23.9 Å². The highest BCUT2D eigenvalue weighted by atomic mass is 16.3. The van der Waals surface area contributed by atoms with E-state index in [2.05, 4.69) is 10.3 Å². The van der Waals surface area contributed by atoms with Crippen LogP contribution in [0, 0.1) is 11.3 Å². The number of carbonyl (C=O) groups excluding carboxylic acids is 1. The third-order valence-electron chi connectivity index (χ3n) is 1.72. The lowest BCUT2D eigenvalue weighted by molar-refractivity contribution is -0.125. The van der Waals surface area contributed by atoms with Crippen molar-refractivity contribution < 1.29 is 9.90 Å². The van der Waals surface area contributed by atoms with E-state index < -0.39 is 12.0 Å². The van der Waals surface area contributed by atoms with Gasteiger partial charge in [-0.3, -0.25) is 4.79 Å². The molecular weight excluding hydrogens is 196 g/mol. The lowest BCUT2D eigenvalue weighted by Gasteiger charge is -2.09. The third kappa shape index (κ3) is 2.93. The van der Waals surface area contributed by atoms with Crippen LogP contribution < -0.4 is 11.1 Å². The topological polar surface area (TPSA) is 112 Å². The van der Waals surface area contributed by atoms with E-state index >= 15 is 0 Å². The summed E-state index contributed by atoms with van der Waals surface area (Å²) in [4.78, 5) is 14.4. The van der Waals surface area contributed by atoms with Gasteiger partial charge in [-0.2, -0.15) is 5.26 Å². The molecule has 0 aliphatic carbocycles. The van der Waals surface area contributed by atoms with Gasteiger partial charge in [0.25, 0.3) is 0 Å². The maximum Gasteiger partial charge on any atom is 0.248 e. The first-order valence-corrected chi connectivity index (χ1v) is 4.21. The normalized spacial score (nSPS) is 11.5. The zero-order valence-corrected chi connectivity index (χ0v) is 7.84. The minimum atomic E-state index is -1.29. The summed E-state index contributed by atoms with van der Waals surface area (Å²) >= 11 is 0. The smallest absolute Gasteiger partial charge is 0.248 e. The van der Waals surface area contributed by atoms with Gasteiger partial charge in [-0.1, -0.05) is 0 Å². The average Bonchev–Trinajstić information content (AvgIpc) is 2.26. The summed E-state index contributed by atoms with van der Waals surface area (Å²) in [5.41, 5.74) is 5.20. The monoisotopic (exact) mass is 206 g/mol. The van der Waals surface area contributed by atoms with Crippen LogP contribution in [0.4, 0.5) is 5.82 Å². The number of aromatic nitrogens is 1. The van der Waals surface area contributed by atoms with Gasteiger partial charge in [0.2, 0.25) is 5.91 Å². The van der Waals surface area contributed by atoms with Crippen LogP contribution in [0.1, 0.15) is 5.56 Å². The second-order valence-corrected chi connectivity index (χ2v) is 2.81. The Morgan fingerprint density at radius 3 is 3.13 bits per heavy atom. The summed E-state index contributed by atoms with van der Waals surface area (Å²) in [6.07, 6.45) is 0.207. The Hall–Kier alpha value is -2.13. The summed E-state index contributed by atoms with van der Waals surface area (Å²) in [5, 5.41) is 20.5. The van der Waals surface area contributed by atoms with Crippen LogP contribution in [0.15, 0.2) is 18.3 Å². The van der Waals surface area contributed by atoms with Crippen molar-refractivity contribution in [1.29, 1.82) is 5.26 Å². The molecule has 0 saturated carbocycles. The SMILES string of the molecule is N#Cc1cccnc1NCC(O)C(N)=O. The molecule has 0 fully saturated rings. The van der Waals surface area contributed by atoms with Gasteiger partial charge in [-0.25, -0.2) is 4.98 Å². The molecule has 1 amide bonds. The zero-order chi connectivity index (χ0) is 11.3. The Kier molecular flexibility index (Phi) is 3.60. The number of nitrogens with one attached hydrogen (secondary N) is 1. The standard InChI is InChI=1S/C9H10N4O2/c10-4-6-2-1-3-12-9(6)13-5-7(14)8(11)15/h1-3,7,14H,5H2,(H2,11,15)(H,12,13). The van der Waals surface area contributed by atoms with Crippen molar-refractivity contribution in [2.24, 2.45) is 5.73 Å². The second-order valence-electron chi connectivity index (χ2n) is 2.81. The number of amides is 1. The average molecular weight is 206 g/mol. The van der Waals surface area contributed by atoms with Crippen LogP contribution >= 0.6 is 0 Å². The minimum absolute atomic E-state index is 0.0684. The molecule has 4 N–H and O–H groups in total. The van der Waals surface area contributed by atoms with E-state index in [9.17, 15) is 4.79 Å². The first-order valence-electron chi connectivity index (χ1n) is 4.21. The number of hydrogen-bond donors (Lipinski definition) is 3. The van der Waals surface area contributed by atoms with Crippen molar-refractivity contribution in [2.75, 3.05) is 11.9 Å². The fourth-order valence-corrected chi connectivity index (χ4v) is 0.930. The van der Waals surface area contributed by atoms with E-state index in [4.69, 9.17) is 16.1 Å². The van der Waals surface area contributed by atoms with Crippen LogP contribution in [-0.2, 0) is 4.79 Å². The van der Waals surface area contributed by atoms with Crippen LogP contribution in [0.5, 0.6) is 0 Å². The van der Waals surface area contributed by atoms with Gasteiger partial charge in [0.15, 0.2) is 0 Å². The van der Waals surface area contributed by atoms with E-state index in [1.807, 2.05) is 6.07 Å². The Balaban J connectivity index is 2.66. The summed E-state index contributed by atoms with van der Waals surface area (Å²) in [5.74, 6) is -0.503. The lowest BCUT2D eigenvalue weighted by Crippen LogP contribution is -2.34. The molecule has 0 bridgehead atoms. The Morgan fingerprint density at radius 2 is 2.53 bits per heavy atom. The molecule has 6 heteroatoms. The molecular formula is C9H10N4O2. The van der Waals surface area contributed by atoms with Crippen molar-refractivity contribution in [2.45, 2.75) is 6.10 Å². The van der Waals surface area contributed by atoms with Crippen LogP contribution in [0.2, 0.25) is 0 Å². The van der Waals surface area contributed by atoms with Gasteiger partial charge in [-0.15, -0.1) is 0 Å². The molecule has 78 valence electrons. The number of rotatable bonds is 4. The minimum Gasteiger partial charge on any atom is -0.381 e. The van der Waals surface area contributed by atoms with Crippen molar-refractivity contribution in [1.82, 2.24) is 4.98 Å².